The molecule has 1 atom stereocenters. The first-order chi connectivity index (χ1) is 8.16. The zero-order valence-corrected chi connectivity index (χ0v) is 10.8. The number of nitrogens with two attached hydrogens (primary N) is 1. The van der Waals surface area contributed by atoms with Crippen LogP contribution in [-0.4, -0.2) is 31.1 Å². The average Bonchev–Trinajstić information content (AvgIpc) is 2.70. The van der Waals surface area contributed by atoms with Crippen LogP contribution in [0.5, 0.6) is 5.75 Å². The molecule has 2 rings (SSSR count). The van der Waals surface area contributed by atoms with Crippen LogP contribution in [0.1, 0.15) is 24.8 Å². The van der Waals surface area contributed by atoms with Gasteiger partial charge in [0, 0.05) is 6.04 Å². The molecule has 1 aromatic rings. The first-order valence-electron chi connectivity index (χ1n) is 6.36. The molecule has 1 aromatic carbocycles. The fourth-order valence-electron chi connectivity index (χ4n) is 2.42. The Kier molecular flexibility index (Phi) is 3.89. The molecule has 1 unspecified atom stereocenters. The van der Waals surface area contributed by atoms with Crippen molar-refractivity contribution in [2.24, 2.45) is 0 Å². The molecule has 1 heterocycles. The lowest BCUT2D eigenvalue weighted by atomic mass is 10.1. The van der Waals surface area contributed by atoms with Gasteiger partial charge in [0.05, 0.1) is 12.3 Å². The van der Waals surface area contributed by atoms with Crippen LogP contribution in [0.25, 0.3) is 0 Å². The van der Waals surface area contributed by atoms with Gasteiger partial charge in [0.1, 0.15) is 5.75 Å². The topological polar surface area (TPSA) is 38.5 Å². The summed E-state index contributed by atoms with van der Waals surface area (Å²) >= 11 is 0. The molecule has 0 saturated carbocycles. The number of hydrogen-bond donors (Lipinski definition) is 1. The highest BCUT2D eigenvalue weighted by Crippen LogP contribution is 2.23. The van der Waals surface area contributed by atoms with Crippen LogP contribution in [0.15, 0.2) is 18.2 Å². The van der Waals surface area contributed by atoms with Crippen molar-refractivity contribution in [2.75, 3.05) is 25.9 Å². The summed E-state index contributed by atoms with van der Waals surface area (Å²) in [5.41, 5.74) is 7.79. The van der Waals surface area contributed by atoms with E-state index in [1.54, 1.807) is 0 Å². The molecule has 0 bridgehead atoms. The summed E-state index contributed by atoms with van der Waals surface area (Å²) in [6.45, 7) is 4.02. The van der Waals surface area contributed by atoms with E-state index in [0.717, 1.165) is 24.5 Å². The highest BCUT2D eigenvalue weighted by molar-refractivity contribution is 5.53. The molecule has 0 aliphatic carbocycles. The van der Waals surface area contributed by atoms with E-state index in [1.165, 1.54) is 24.9 Å². The lowest BCUT2D eigenvalue weighted by Gasteiger charge is -2.19. The molecular weight excluding hydrogens is 212 g/mol. The van der Waals surface area contributed by atoms with Crippen molar-refractivity contribution in [1.82, 2.24) is 4.90 Å². The van der Waals surface area contributed by atoms with Crippen LogP contribution in [-0.2, 0) is 0 Å². The van der Waals surface area contributed by atoms with Crippen LogP contribution in [0.2, 0.25) is 0 Å². The Bertz CT molecular complexity index is 378. The molecule has 94 valence electrons. The first-order valence-corrected chi connectivity index (χ1v) is 6.36. The second-order valence-corrected chi connectivity index (χ2v) is 4.96. The Hall–Kier alpha value is -1.22. The van der Waals surface area contributed by atoms with Gasteiger partial charge < -0.3 is 15.4 Å². The standard InChI is InChI=1S/C14H22N2O/c1-11-5-6-13(15)14(10-11)17-9-7-12-4-3-8-16(12)2/h5-6,10,12H,3-4,7-9,15H2,1-2H3. The molecule has 0 aromatic heterocycles. The van der Waals surface area contributed by atoms with E-state index >= 15 is 0 Å². The summed E-state index contributed by atoms with van der Waals surface area (Å²) in [5.74, 6) is 0.825. The third-order valence-electron chi connectivity index (χ3n) is 3.55. The summed E-state index contributed by atoms with van der Waals surface area (Å²) in [6, 6.07) is 6.61. The van der Waals surface area contributed by atoms with Crippen molar-refractivity contribution in [1.29, 1.82) is 0 Å². The van der Waals surface area contributed by atoms with Gasteiger partial charge in [0.25, 0.3) is 0 Å². The summed E-state index contributed by atoms with van der Waals surface area (Å²) in [7, 11) is 2.19. The quantitative estimate of drug-likeness (QED) is 0.813. The van der Waals surface area contributed by atoms with Crippen molar-refractivity contribution in [3.05, 3.63) is 23.8 Å². The molecule has 0 radical (unpaired) electrons. The summed E-state index contributed by atoms with van der Waals surface area (Å²) in [6.07, 6.45) is 3.70. The van der Waals surface area contributed by atoms with E-state index in [9.17, 15) is 0 Å². The fourth-order valence-corrected chi connectivity index (χ4v) is 2.42. The Labute approximate surface area is 104 Å². The van der Waals surface area contributed by atoms with Crippen LogP contribution in [0, 0.1) is 6.92 Å². The minimum atomic E-state index is 0.682. The monoisotopic (exact) mass is 234 g/mol. The van der Waals surface area contributed by atoms with E-state index in [-0.39, 0.29) is 0 Å². The van der Waals surface area contributed by atoms with Gasteiger partial charge in [-0.3, -0.25) is 0 Å². The highest BCUT2D eigenvalue weighted by Gasteiger charge is 2.20. The SMILES string of the molecule is Cc1ccc(N)c(OCCC2CCCN2C)c1. The Morgan fingerprint density at radius 2 is 2.29 bits per heavy atom. The van der Waals surface area contributed by atoms with Crippen LogP contribution in [0.4, 0.5) is 5.69 Å². The van der Waals surface area contributed by atoms with Gasteiger partial charge in [-0.2, -0.15) is 0 Å². The van der Waals surface area contributed by atoms with Gasteiger partial charge >= 0.3 is 0 Å². The van der Waals surface area contributed by atoms with E-state index in [4.69, 9.17) is 10.5 Å². The fraction of sp³-hybridized carbons (Fsp3) is 0.571. The number of likely N-dealkylation sites (tertiary alicyclic amines) is 1. The maximum Gasteiger partial charge on any atom is 0.142 e. The van der Waals surface area contributed by atoms with Gasteiger partial charge in [-0.1, -0.05) is 6.07 Å². The third-order valence-corrected chi connectivity index (χ3v) is 3.55. The summed E-state index contributed by atoms with van der Waals surface area (Å²) in [5, 5.41) is 0. The number of anilines is 1. The molecule has 0 spiro atoms. The molecular formula is C14H22N2O. The molecule has 1 aliphatic rings. The largest absolute Gasteiger partial charge is 0.491 e. The number of ether oxygens (including phenoxy) is 1. The maximum absolute atomic E-state index is 5.88. The predicted molar refractivity (Wildman–Crippen MR) is 71.4 cm³/mol. The Morgan fingerprint density at radius 3 is 3.00 bits per heavy atom. The summed E-state index contributed by atoms with van der Waals surface area (Å²) in [4.78, 5) is 2.42. The lowest BCUT2D eigenvalue weighted by Crippen LogP contribution is -2.26. The Balaban J connectivity index is 1.83. The minimum absolute atomic E-state index is 0.682. The van der Waals surface area contributed by atoms with Gasteiger partial charge in [-0.25, -0.2) is 0 Å². The van der Waals surface area contributed by atoms with Gasteiger partial charge in [0.2, 0.25) is 0 Å². The van der Waals surface area contributed by atoms with Crippen molar-refractivity contribution >= 4 is 5.69 Å². The second kappa shape index (κ2) is 5.41. The first kappa shape index (κ1) is 12.2. The molecule has 2 N–H and O–H groups in total. The zero-order valence-electron chi connectivity index (χ0n) is 10.8. The van der Waals surface area contributed by atoms with E-state index in [2.05, 4.69) is 18.9 Å². The Morgan fingerprint density at radius 1 is 1.47 bits per heavy atom. The normalized spacial score (nSPS) is 20.7. The second-order valence-electron chi connectivity index (χ2n) is 4.96. The number of nitrogen functional groups attached to an aromatic ring is 1. The van der Waals surface area contributed by atoms with Crippen molar-refractivity contribution < 1.29 is 4.74 Å². The number of rotatable bonds is 4. The van der Waals surface area contributed by atoms with E-state index in [1.807, 2.05) is 18.2 Å². The predicted octanol–water partition coefficient (Wildman–Crippen LogP) is 2.44. The number of aryl methyl sites for hydroxylation is 1. The smallest absolute Gasteiger partial charge is 0.142 e. The minimum Gasteiger partial charge on any atom is -0.491 e. The van der Waals surface area contributed by atoms with Crippen LogP contribution >= 0.6 is 0 Å². The number of hydrogen-bond acceptors (Lipinski definition) is 3. The van der Waals surface area contributed by atoms with Gasteiger partial charge in [0.15, 0.2) is 0 Å². The highest BCUT2D eigenvalue weighted by atomic mass is 16.5. The molecule has 17 heavy (non-hydrogen) atoms. The zero-order chi connectivity index (χ0) is 12.3. The number of nitrogens with zero attached hydrogens (tertiary/aromatic N) is 1. The molecule has 3 heteroatoms. The molecule has 1 aliphatic heterocycles. The van der Waals surface area contributed by atoms with Crippen molar-refractivity contribution in [3.8, 4) is 5.75 Å². The average molecular weight is 234 g/mol. The van der Waals surface area contributed by atoms with Crippen molar-refractivity contribution in [2.45, 2.75) is 32.2 Å². The molecule has 3 nitrogen and oxygen atoms in total. The lowest BCUT2D eigenvalue weighted by molar-refractivity contribution is 0.234. The number of benzene rings is 1. The van der Waals surface area contributed by atoms with Crippen LogP contribution in [0.3, 0.4) is 0 Å². The molecule has 1 saturated heterocycles. The summed E-state index contributed by atoms with van der Waals surface area (Å²) < 4.78 is 5.78. The molecule has 1 fully saturated rings. The van der Waals surface area contributed by atoms with Gasteiger partial charge in [-0.05, 0) is 57.5 Å². The molecule has 0 amide bonds. The van der Waals surface area contributed by atoms with Gasteiger partial charge in [-0.15, -0.1) is 0 Å². The van der Waals surface area contributed by atoms with E-state index < -0.39 is 0 Å². The van der Waals surface area contributed by atoms with Crippen LogP contribution < -0.4 is 10.5 Å². The van der Waals surface area contributed by atoms with Crippen molar-refractivity contribution in [3.63, 3.8) is 0 Å². The third kappa shape index (κ3) is 3.13. The maximum atomic E-state index is 5.88. The van der Waals surface area contributed by atoms with E-state index in [0.29, 0.717) is 6.04 Å².